The molecule has 0 saturated heterocycles. The first-order valence-corrected chi connectivity index (χ1v) is 13.4. The zero-order valence-corrected chi connectivity index (χ0v) is 25.3. The average Bonchev–Trinajstić information content (AvgIpc) is 3.54. The van der Waals surface area contributed by atoms with Crippen LogP contribution in [0.25, 0.3) is 27.1 Å². The van der Waals surface area contributed by atoms with Crippen LogP contribution in [-0.4, -0.2) is 3.21 Å². The van der Waals surface area contributed by atoms with Crippen molar-refractivity contribution in [1.82, 2.24) is 0 Å². The quantitative estimate of drug-likeness (QED) is 0.280. The molecule has 0 spiro atoms. The number of benzene rings is 4. The van der Waals surface area contributed by atoms with Gasteiger partial charge in [-0.2, -0.15) is 0 Å². The Hall–Kier alpha value is -2.44. The van der Waals surface area contributed by atoms with Gasteiger partial charge < -0.3 is 24.8 Å². The summed E-state index contributed by atoms with van der Waals surface area (Å²) in [4.78, 5) is 0. The molecule has 6 rings (SSSR count). The van der Waals surface area contributed by atoms with E-state index < -0.39 is 0 Å². The fraction of sp³-hybridized carbons (Fsp3) is 0.118. The Labute approximate surface area is 247 Å². The van der Waals surface area contributed by atoms with Gasteiger partial charge >= 0.3 is 99.2 Å². The van der Waals surface area contributed by atoms with Crippen molar-refractivity contribution in [3.63, 3.8) is 0 Å². The van der Waals surface area contributed by atoms with Gasteiger partial charge in [-0.15, -0.1) is 33.7 Å². The molecule has 0 unspecified atom stereocenters. The minimum absolute atomic E-state index is 0. The van der Waals surface area contributed by atoms with Gasteiger partial charge in [-0.05, 0) is 27.2 Å². The molecule has 37 heavy (non-hydrogen) atoms. The summed E-state index contributed by atoms with van der Waals surface area (Å²) in [6, 6.07) is 32.6. The van der Waals surface area contributed by atoms with Gasteiger partial charge in [0.05, 0.1) is 0 Å². The molecule has 1 aliphatic rings. The van der Waals surface area contributed by atoms with Crippen LogP contribution in [0.3, 0.4) is 0 Å². The number of hydrogen-bond acceptors (Lipinski definition) is 0. The first-order chi connectivity index (χ1) is 17.0. The predicted molar refractivity (Wildman–Crippen MR) is 149 cm³/mol. The third kappa shape index (κ3) is 6.18. The second kappa shape index (κ2) is 12.9. The van der Waals surface area contributed by atoms with Gasteiger partial charge in [0.2, 0.25) is 0 Å². The van der Waals surface area contributed by atoms with E-state index in [1.54, 1.807) is 0 Å². The van der Waals surface area contributed by atoms with Crippen molar-refractivity contribution in [3.8, 4) is 0 Å². The molecule has 184 valence electrons. The van der Waals surface area contributed by atoms with Gasteiger partial charge in [-0.25, -0.2) is 0 Å². The zero-order valence-electron chi connectivity index (χ0n) is 21.4. The van der Waals surface area contributed by atoms with E-state index >= 15 is 0 Å². The molecule has 0 amide bonds. The van der Waals surface area contributed by atoms with Gasteiger partial charge in [0.25, 0.3) is 0 Å². The predicted octanol–water partition coefficient (Wildman–Crippen LogP) is 2.79. The summed E-state index contributed by atoms with van der Waals surface area (Å²) in [5.74, 6) is 0. The Morgan fingerprint density at radius 3 is 1.95 bits per heavy atom. The normalized spacial score (nSPS) is 11.9. The van der Waals surface area contributed by atoms with Crippen LogP contribution >= 0.6 is 0 Å². The van der Waals surface area contributed by atoms with Crippen LogP contribution in [0.2, 0.25) is 0 Å². The molecule has 0 heterocycles. The van der Waals surface area contributed by atoms with E-state index in [1.165, 1.54) is 87.9 Å². The summed E-state index contributed by atoms with van der Waals surface area (Å²) in [6.45, 7) is 6.65. The van der Waals surface area contributed by atoms with Crippen LogP contribution in [0.1, 0.15) is 39.8 Å². The number of halogens is 2. The molecule has 0 atom stereocenters. The van der Waals surface area contributed by atoms with Crippen molar-refractivity contribution in [2.24, 2.45) is 0 Å². The van der Waals surface area contributed by atoms with Crippen LogP contribution in [0.15, 0.2) is 109 Å². The monoisotopic (exact) mass is 597 g/mol. The molecule has 5 aromatic rings. The van der Waals surface area contributed by atoms with Gasteiger partial charge in [-0.3, -0.25) is 0 Å². The molecule has 0 saturated carbocycles. The molecule has 0 aliphatic heterocycles. The van der Waals surface area contributed by atoms with Gasteiger partial charge in [0, 0.05) is 0 Å². The molecule has 0 fully saturated rings. The Balaban J connectivity index is 0.000000210. The van der Waals surface area contributed by atoms with E-state index in [0.29, 0.717) is 0 Å². The van der Waals surface area contributed by atoms with Gasteiger partial charge in [-0.1, -0.05) is 64.3 Å². The van der Waals surface area contributed by atoms with Crippen LogP contribution in [0, 0.1) is 20.8 Å². The summed E-state index contributed by atoms with van der Waals surface area (Å²) in [6.07, 6.45) is 7.75. The van der Waals surface area contributed by atoms with Crippen molar-refractivity contribution in [2.75, 3.05) is 0 Å². The van der Waals surface area contributed by atoms with Crippen LogP contribution in [0.5, 0.6) is 0 Å². The number of hydrogen-bond donors (Lipinski definition) is 0. The summed E-state index contributed by atoms with van der Waals surface area (Å²) in [7, 11) is 0. The molecule has 0 nitrogen and oxygen atoms in total. The van der Waals surface area contributed by atoms with Crippen LogP contribution in [-0.2, 0) is 24.2 Å². The topological polar surface area (TPSA) is 0 Å². The molecule has 1 aliphatic carbocycles. The van der Waals surface area contributed by atoms with Crippen LogP contribution < -0.4 is 24.8 Å². The molecule has 3 heteroatoms. The molecule has 0 radical (unpaired) electrons. The van der Waals surface area contributed by atoms with Gasteiger partial charge in [0.15, 0.2) is 0 Å². The van der Waals surface area contributed by atoms with Crippen molar-refractivity contribution in [2.45, 2.75) is 27.2 Å². The fourth-order valence-electron chi connectivity index (χ4n) is 4.93. The molecule has 0 aromatic heterocycles. The van der Waals surface area contributed by atoms with E-state index in [0.717, 1.165) is 6.42 Å². The standard InChI is InChI=1S/C21H19.C13H10.2ClH.Zr/c1-13-8-9-18-17(10-13)12-20-19(18)11-14(2)15(3)21(20)16-6-4-5-7-16;1-3-7-12(8-4-1)11-13-9-5-2-6-10-13;;;/h4-6,8-12H,7H2,1-3H3;1-10H;2*1H;/q-1;;;;+2/p-2. The van der Waals surface area contributed by atoms with E-state index in [-0.39, 0.29) is 24.8 Å². The van der Waals surface area contributed by atoms with Crippen molar-refractivity contribution >= 4 is 30.3 Å². The minimum atomic E-state index is 0. The SMILES string of the molecule is Cc1ccc2c(c1)[cH-]c1c(C3=CC=CC3)c(C)c(C)cc12.[Cl-].[Cl-].[Zr+2]=[C](c1ccccc1)c1ccccc1. The second-order valence-corrected chi connectivity index (χ2v) is 10.5. The summed E-state index contributed by atoms with van der Waals surface area (Å²) < 4.78 is 1.42. The summed E-state index contributed by atoms with van der Waals surface area (Å²) >= 11 is 1.46. The molecular formula is C34H29Cl2Zr-. The van der Waals surface area contributed by atoms with E-state index in [9.17, 15) is 0 Å². The fourth-order valence-corrected chi connectivity index (χ4v) is 5.75. The third-order valence-electron chi connectivity index (χ3n) is 6.90. The van der Waals surface area contributed by atoms with E-state index in [4.69, 9.17) is 0 Å². The second-order valence-electron chi connectivity index (χ2n) is 9.32. The van der Waals surface area contributed by atoms with Crippen molar-refractivity contribution in [3.05, 3.63) is 143 Å². The Kier molecular flexibility index (Phi) is 10.1. The summed E-state index contributed by atoms with van der Waals surface area (Å²) in [5.41, 5.74) is 9.70. The first-order valence-electron chi connectivity index (χ1n) is 12.2. The zero-order chi connectivity index (χ0) is 24.4. The Bertz CT molecular complexity index is 1550. The molecular weight excluding hydrogens is 571 g/mol. The number of aryl methyl sites for hydroxylation is 2. The number of rotatable bonds is 3. The van der Waals surface area contributed by atoms with Gasteiger partial charge in [0.1, 0.15) is 0 Å². The third-order valence-corrected chi connectivity index (χ3v) is 8.32. The van der Waals surface area contributed by atoms with Crippen molar-refractivity contribution < 1.29 is 49.0 Å². The number of allylic oxidation sites excluding steroid dienone is 4. The maximum atomic E-state index is 2.37. The molecule has 0 bridgehead atoms. The van der Waals surface area contributed by atoms with Crippen LogP contribution in [0.4, 0.5) is 0 Å². The number of fused-ring (bicyclic) bond motifs is 3. The Morgan fingerprint density at radius 1 is 0.757 bits per heavy atom. The van der Waals surface area contributed by atoms with E-state index in [2.05, 4.69) is 130 Å². The Morgan fingerprint density at radius 2 is 1.38 bits per heavy atom. The summed E-state index contributed by atoms with van der Waals surface area (Å²) in [5, 5.41) is 5.55. The first kappa shape index (κ1) is 29.1. The van der Waals surface area contributed by atoms with Crippen molar-refractivity contribution in [1.29, 1.82) is 0 Å². The molecule has 5 aromatic carbocycles. The average molecular weight is 600 g/mol. The maximum absolute atomic E-state index is 2.37. The van der Waals surface area contributed by atoms with E-state index in [1.807, 2.05) is 0 Å². The molecule has 0 N–H and O–H groups in total.